The first-order chi connectivity index (χ1) is 12.5. The summed E-state index contributed by atoms with van der Waals surface area (Å²) >= 11 is 0. The van der Waals surface area contributed by atoms with Gasteiger partial charge in [-0.05, 0) is 7.05 Å². The maximum absolute atomic E-state index is 10.5. The normalized spacial score (nSPS) is 23.3. The van der Waals surface area contributed by atoms with Crippen LogP contribution in [0.3, 0.4) is 0 Å². The van der Waals surface area contributed by atoms with Crippen LogP contribution in [0.2, 0.25) is 0 Å². The minimum atomic E-state index is -0.930. The van der Waals surface area contributed by atoms with Gasteiger partial charge in [0.2, 0.25) is 5.95 Å². The van der Waals surface area contributed by atoms with Gasteiger partial charge in [0.25, 0.3) is 6.47 Å². The predicted molar refractivity (Wildman–Crippen MR) is 92.9 cm³/mol. The third-order valence-electron chi connectivity index (χ3n) is 4.33. The van der Waals surface area contributed by atoms with Gasteiger partial charge < -0.3 is 20.3 Å². The van der Waals surface area contributed by atoms with E-state index in [0.29, 0.717) is 17.9 Å². The number of anilines is 1. The van der Waals surface area contributed by atoms with Crippen molar-refractivity contribution < 1.29 is 24.5 Å². The van der Waals surface area contributed by atoms with E-state index >= 15 is 0 Å². The molecule has 2 aliphatic heterocycles. The van der Waals surface area contributed by atoms with Gasteiger partial charge in [-0.2, -0.15) is 0 Å². The molecule has 3 N–H and O–H groups in total. The van der Waals surface area contributed by atoms with E-state index in [2.05, 4.69) is 32.1 Å². The molecule has 1 aromatic rings. The number of aliphatic carboxylic acids is 1. The molecule has 0 spiro atoms. The summed E-state index contributed by atoms with van der Waals surface area (Å²) < 4.78 is 5.74. The second-order valence-corrected chi connectivity index (χ2v) is 6.46. The topological polar surface area (TPSA) is 128 Å². The SMILES string of the molecule is CN1C[C@H]2COC[C@@H]1CN(Cc1cnc(NCC(=O)O)nc1)C2.O=CO. The number of nitrogens with zero attached hydrogens (tertiary/aromatic N) is 4. The first-order valence-electron chi connectivity index (χ1n) is 8.36. The monoisotopic (exact) mass is 367 g/mol. The molecule has 2 fully saturated rings. The van der Waals surface area contributed by atoms with Crippen LogP contribution in [0.4, 0.5) is 5.95 Å². The van der Waals surface area contributed by atoms with Crippen LogP contribution in [0, 0.1) is 5.92 Å². The number of carbonyl (C=O) groups is 2. The summed E-state index contributed by atoms with van der Waals surface area (Å²) in [5.41, 5.74) is 1.04. The second-order valence-electron chi connectivity index (χ2n) is 6.46. The van der Waals surface area contributed by atoms with Gasteiger partial charge in [-0.1, -0.05) is 0 Å². The average molecular weight is 367 g/mol. The number of hydrogen-bond donors (Lipinski definition) is 3. The van der Waals surface area contributed by atoms with E-state index in [1.807, 2.05) is 0 Å². The highest BCUT2D eigenvalue weighted by Gasteiger charge is 2.31. The lowest BCUT2D eigenvalue weighted by atomic mass is 10.1. The number of likely N-dealkylation sites (N-methyl/N-ethyl adjacent to an activating group) is 1. The van der Waals surface area contributed by atoms with Gasteiger partial charge in [0.1, 0.15) is 6.54 Å². The highest BCUT2D eigenvalue weighted by atomic mass is 16.5. The van der Waals surface area contributed by atoms with Crippen molar-refractivity contribution in [1.29, 1.82) is 0 Å². The number of nitrogens with one attached hydrogen (secondary N) is 1. The van der Waals surface area contributed by atoms with Crippen molar-refractivity contribution in [2.45, 2.75) is 12.6 Å². The molecular formula is C16H25N5O5. The molecule has 1 aromatic heterocycles. The fraction of sp³-hybridized carbons (Fsp3) is 0.625. The van der Waals surface area contributed by atoms with E-state index < -0.39 is 5.97 Å². The molecule has 3 heterocycles. The van der Waals surface area contributed by atoms with E-state index in [1.54, 1.807) is 12.4 Å². The van der Waals surface area contributed by atoms with Crippen LogP contribution in [0.1, 0.15) is 5.56 Å². The summed E-state index contributed by atoms with van der Waals surface area (Å²) in [5, 5.41) is 18.2. The van der Waals surface area contributed by atoms with Crippen molar-refractivity contribution in [3.63, 3.8) is 0 Å². The molecule has 0 aliphatic carbocycles. The Labute approximate surface area is 151 Å². The van der Waals surface area contributed by atoms with Crippen molar-refractivity contribution in [3.05, 3.63) is 18.0 Å². The summed E-state index contributed by atoms with van der Waals surface area (Å²) in [5.74, 6) is -0.0536. The summed E-state index contributed by atoms with van der Waals surface area (Å²) in [6.45, 7) is 5.06. The third kappa shape index (κ3) is 6.21. The van der Waals surface area contributed by atoms with Gasteiger partial charge in [0.05, 0.1) is 13.2 Å². The number of aromatic nitrogens is 2. The fourth-order valence-electron chi connectivity index (χ4n) is 3.22. The molecule has 0 unspecified atom stereocenters. The molecular weight excluding hydrogens is 342 g/mol. The standard InChI is InChI=1S/C15H23N5O3.CH2O2/c1-19-5-12-7-20(8-13(19)10-23-9-12)6-11-2-16-15(17-3-11)18-4-14(21)22;2-1-3/h2-3,12-13H,4-10H2,1H3,(H,21,22)(H,16,17,18);1H,(H,2,3)/t12-,13+;/m1./s1. The lowest BCUT2D eigenvalue weighted by Gasteiger charge is -2.29. The summed E-state index contributed by atoms with van der Waals surface area (Å²) in [6.07, 6.45) is 3.52. The van der Waals surface area contributed by atoms with Gasteiger partial charge in [-0.3, -0.25) is 19.4 Å². The molecule has 0 aromatic carbocycles. The Morgan fingerprint density at radius 3 is 2.69 bits per heavy atom. The lowest BCUT2D eigenvalue weighted by Crippen LogP contribution is -2.41. The van der Waals surface area contributed by atoms with Gasteiger partial charge in [0.15, 0.2) is 0 Å². The molecule has 0 amide bonds. The van der Waals surface area contributed by atoms with Crippen LogP contribution >= 0.6 is 0 Å². The molecule has 0 saturated carbocycles. The number of carboxylic acid groups (broad SMARTS) is 2. The van der Waals surface area contributed by atoms with Gasteiger partial charge >= 0.3 is 5.97 Å². The molecule has 10 heteroatoms. The highest BCUT2D eigenvalue weighted by Crippen LogP contribution is 2.19. The molecule has 2 bridgehead atoms. The van der Waals surface area contributed by atoms with Crippen molar-refractivity contribution in [1.82, 2.24) is 19.8 Å². The first kappa shape index (κ1) is 20.0. The van der Waals surface area contributed by atoms with Gasteiger partial charge in [-0.15, -0.1) is 0 Å². The molecule has 144 valence electrons. The molecule has 2 saturated heterocycles. The van der Waals surface area contributed by atoms with Crippen LogP contribution in [-0.4, -0.2) is 94.9 Å². The van der Waals surface area contributed by atoms with Crippen LogP contribution in [-0.2, 0) is 20.9 Å². The largest absolute Gasteiger partial charge is 0.483 e. The predicted octanol–water partition coefficient (Wildman–Crippen LogP) is -0.564. The van der Waals surface area contributed by atoms with Gasteiger partial charge in [-0.25, -0.2) is 9.97 Å². The van der Waals surface area contributed by atoms with E-state index in [-0.39, 0.29) is 13.0 Å². The van der Waals surface area contributed by atoms with E-state index in [0.717, 1.165) is 45.0 Å². The quantitative estimate of drug-likeness (QED) is 0.582. The van der Waals surface area contributed by atoms with Gasteiger partial charge in [0, 0.05) is 56.1 Å². The van der Waals surface area contributed by atoms with E-state index in [4.69, 9.17) is 19.7 Å². The maximum atomic E-state index is 10.5. The molecule has 10 nitrogen and oxygen atoms in total. The summed E-state index contributed by atoms with van der Waals surface area (Å²) in [4.78, 5) is 32.1. The molecule has 2 aliphatic rings. The molecule has 2 atom stereocenters. The lowest BCUT2D eigenvalue weighted by molar-refractivity contribution is -0.135. The number of fused-ring (bicyclic) bond motifs is 3. The summed E-state index contributed by atoms with van der Waals surface area (Å²) in [7, 11) is 2.17. The zero-order chi connectivity index (χ0) is 18.9. The van der Waals surface area contributed by atoms with Crippen LogP contribution in [0.15, 0.2) is 12.4 Å². The molecule has 26 heavy (non-hydrogen) atoms. The molecule has 0 radical (unpaired) electrons. The van der Waals surface area contributed by atoms with E-state index in [1.165, 1.54) is 0 Å². The summed E-state index contributed by atoms with van der Waals surface area (Å²) in [6, 6.07) is 0.430. The van der Waals surface area contributed by atoms with Crippen LogP contribution in [0.5, 0.6) is 0 Å². The number of carboxylic acids is 1. The minimum absolute atomic E-state index is 0.179. The zero-order valence-electron chi connectivity index (χ0n) is 14.7. The Bertz CT molecular complexity index is 585. The first-order valence-corrected chi connectivity index (χ1v) is 8.36. The van der Waals surface area contributed by atoms with Crippen LogP contribution < -0.4 is 5.32 Å². The highest BCUT2D eigenvalue weighted by molar-refractivity contribution is 5.71. The minimum Gasteiger partial charge on any atom is -0.483 e. The second kappa shape index (κ2) is 10.00. The van der Waals surface area contributed by atoms with Crippen molar-refractivity contribution in [2.75, 3.05) is 51.8 Å². The fourth-order valence-corrected chi connectivity index (χ4v) is 3.22. The maximum Gasteiger partial charge on any atom is 0.322 e. The van der Waals surface area contributed by atoms with Crippen molar-refractivity contribution in [3.8, 4) is 0 Å². The Morgan fingerprint density at radius 1 is 1.35 bits per heavy atom. The number of rotatable bonds is 5. The van der Waals surface area contributed by atoms with E-state index in [9.17, 15) is 4.79 Å². The zero-order valence-corrected chi connectivity index (χ0v) is 14.7. The van der Waals surface area contributed by atoms with Crippen molar-refractivity contribution in [2.24, 2.45) is 5.92 Å². The van der Waals surface area contributed by atoms with Crippen molar-refractivity contribution >= 4 is 18.4 Å². The third-order valence-corrected chi connectivity index (χ3v) is 4.33. The smallest absolute Gasteiger partial charge is 0.322 e. The molecule has 3 rings (SSSR count). The Morgan fingerprint density at radius 2 is 2.04 bits per heavy atom. The Hall–Kier alpha value is -2.30. The van der Waals surface area contributed by atoms with Crippen LogP contribution in [0.25, 0.3) is 0 Å². The number of hydrogen-bond acceptors (Lipinski definition) is 8. The average Bonchev–Trinajstić information content (AvgIpc) is 2.83. The Kier molecular flexibility index (Phi) is 7.70. The Balaban J connectivity index is 0.000000758. The number of ether oxygens (including phenoxy) is 1.